The maximum Gasteiger partial charge on any atom is 0.416 e. The summed E-state index contributed by atoms with van der Waals surface area (Å²) in [7, 11) is -4.36. The summed E-state index contributed by atoms with van der Waals surface area (Å²) in [5, 5.41) is 7.52. The number of nitrogens with zero attached hydrogens (tertiary/aromatic N) is 5. The fourth-order valence-electron chi connectivity index (χ4n) is 2.30. The third kappa shape index (κ3) is 4.81. The Morgan fingerprint density at radius 1 is 1.17 bits per heavy atom. The zero-order valence-corrected chi connectivity index (χ0v) is 15.9. The Balaban J connectivity index is 1.77. The highest BCUT2D eigenvalue weighted by atomic mass is 35.5. The summed E-state index contributed by atoms with van der Waals surface area (Å²) >= 11 is 5.76. The first kappa shape index (κ1) is 21.0. The Morgan fingerprint density at radius 3 is 2.59 bits per heavy atom. The van der Waals surface area contributed by atoms with Gasteiger partial charge in [0, 0.05) is 12.6 Å². The lowest BCUT2D eigenvalue weighted by molar-refractivity contribution is -0.137. The summed E-state index contributed by atoms with van der Waals surface area (Å²) in [4.78, 5) is 14.9. The van der Waals surface area contributed by atoms with Gasteiger partial charge >= 0.3 is 6.18 Å². The summed E-state index contributed by atoms with van der Waals surface area (Å²) in [6.07, 6.45) is -2.10. The van der Waals surface area contributed by atoms with Crippen molar-refractivity contribution in [2.45, 2.75) is 17.6 Å². The summed E-state index contributed by atoms with van der Waals surface area (Å²) in [6.45, 7) is -0.500. The van der Waals surface area contributed by atoms with E-state index in [9.17, 15) is 26.4 Å². The number of halogens is 4. The molecule has 0 fully saturated rings. The molecule has 0 unspecified atom stereocenters. The molecule has 1 aromatic carbocycles. The number of hydrogen-bond acceptors (Lipinski definition) is 6. The standard InChI is InChI=1S/C15H12ClF3N6O3S/c16-11-2-1-10(15(17,18)19)7-12(11)29(27,28)22-5-6-24-14(26)4-3-13(23-24)25-9-20-8-21-25/h1-4,7-9,22H,5-6H2. The van der Waals surface area contributed by atoms with Gasteiger partial charge in [0.15, 0.2) is 5.82 Å². The molecule has 0 aliphatic carbocycles. The molecule has 0 amide bonds. The molecule has 14 heteroatoms. The van der Waals surface area contributed by atoms with E-state index in [1.807, 2.05) is 0 Å². The molecule has 0 saturated carbocycles. The quantitative estimate of drug-likeness (QED) is 0.611. The fraction of sp³-hybridized carbons (Fsp3) is 0.200. The number of hydrogen-bond donors (Lipinski definition) is 1. The monoisotopic (exact) mass is 448 g/mol. The molecule has 0 saturated heterocycles. The molecule has 0 bridgehead atoms. The first-order chi connectivity index (χ1) is 13.6. The molecule has 2 aromatic heterocycles. The number of aromatic nitrogens is 5. The number of benzene rings is 1. The topological polar surface area (TPSA) is 112 Å². The smallest absolute Gasteiger partial charge is 0.268 e. The molecule has 0 aliphatic rings. The Morgan fingerprint density at radius 2 is 1.93 bits per heavy atom. The van der Waals surface area contributed by atoms with E-state index in [1.165, 1.54) is 29.5 Å². The van der Waals surface area contributed by atoms with Crippen molar-refractivity contribution in [2.24, 2.45) is 0 Å². The van der Waals surface area contributed by atoms with E-state index in [-0.39, 0.29) is 23.9 Å². The second kappa shape index (κ2) is 7.93. The number of rotatable bonds is 6. The first-order valence-electron chi connectivity index (χ1n) is 7.87. The highest BCUT2D eigenvalue weighted by Crippen LogP contribution is 2.33. The van der Waals surface area contributed by atoms with Crippen LogP contribution in [0.15, 0.2) is 52.7 Å². The van der Waals surface area contributed by atoms with Crippen LogP contribution in [-0.4, -0.2) is 39.5 Å². The minimum Gasteiger partial charge on any atom is -0.268 e. The largest absolute Gasteiger partial charge is 0.416 e. The Bertz CT molecular complexity index is 1180. The van der Waals surface area contributed by atoms with Crippen LogP contribution in [0.4, 0.5) is 13.2 Å². The van der Waals surface area contributed by atoms with Crippen molar-refractivity contribution in [3.63, 3.8) is 0 Å². The van der Waals surface area contributed by atoms with Gasteiger partial charge in [-0.25, -0.2) is 27.5 Å². The second-order valence-corrected chi connectivity index (χ2v) is 7.78. The molecule has 0 spiro atoms. The van der Waals surface area contributed by atoms with Crippen molar-refractivity contribution in [2.75, 3.05) is 6.54 Å². The Hall–Kier alpha value is -2.77. The van der Waals surface area contributed by atoms with Crippen molar-refractivity contribution in [3.05, 3.63) is 63.9 Å². The highest BCUT2D eigenvalue weighted by molar-refractivity contribution is 7.89. The SMILES string of the molecule is O=c1ccc(-n2cncn2)nn1CCNS(=O)(=O)c1cc(C(F)(F)F)ccc1Cl. The van der Waals surface area contributed by atoms with Gasteiger partial charge in [0.05, 0.1) is 17.1 Å². The summed E-state index contributed by atoms with van der Waals surface area (Å²) in [5.74, 6) is 0.269. The summed E-state index contributed by atoms with van der Waals surface area (Å²) in [5.41, 5.74) is -1.66. The molecule has 0 aliphatic heterocycles. The van der Waals surface area contributed by atoms with E-state index in [4.69, 9.17) is 11.6 Å². The van der Waals surface area contributed by atoms with Crippen LogP contribution in [0.2, 0.25) is 5.02 Å². The maximum absolute atomic E-state index is 12.8. The normalized spacial score (nSPS) is 12.3. The van der Waals surface area contributed by atoms with E-state index >= 15 is 0 Å². The van der Waals surface area contributed by atoms with E-state index < -0.39 is 32.2 Å². The zero-order valence-electron chi connectivity index (χ0n) is 14.3. The van der Waals surface area contributed by atoms with Gasteiger partial charge < -0.3 is 0 Å². The molecular weight excluding hydrogens is 437 g/mol. The van der Waals surface area contributed by atoms with Crippen LogP contribution in [0.5, 0.6) is 0 Å². The van der Waals surface area contributed by atoms with Gasteiger partial charge in [-0.2, -0.15) is 18.3 Å². The van der Waals surface area contributed by atoms with Gasteiger partial charge in [0.2, 0.25) is 10.0 Å². The molecular formula is C15H12ClF3N6O3S. The predicted octanol–water partition coefficient (Wildman–Crippen LogP) is 1.47. The summed E-state index contributed by atoms with van der Waals surface area (Å²) < 4.78 is 67.7. The van der Waals surface area contributed by atoms with Gasteiger partial charge in [-0.1, -0.05) is 11.6 Å². The van der Waals surface area contributed by atoms with E-state index in [0.717, 1.165) is 10.7 Å². The predicted molar refractivity (Wildman–Crippen MR) is 95.1 cm³/mol. The molecule has 0 radical (unpaired) electrons. The minimum atomic E-state index is -4.73. The number of alkyl halides is 3. The van der Waals surface area contributed by atoms with E-state index in [1.54, 1.807) is 0 Å². The average molecular weight is 449 g/mol. The van der Waals surface area contributed by atoms with Crippen molar-refractivity contribution in [1.82, 2.24) is 29.3 Å². The highest BCUT2D eigenvalue weighted by Gasteiger charge is 2.32. The molecule has 3 aromatic rings. The van der Waals surface area contributed by atoms with Crippen LogP contribution >= 0.6 is 11.6 Å². The number of sulfonamides is 1. The third-order valence-electron chi connectivity index (χ3n) is 3.67. The molecule has 9 nitrogen and oxygen atoms in total. The maximum atomic E-state index is 12.8. The number of nitrogens with one attached hydrogen (secondary N) is 1. The molecule has 29 heavy (non-hydrogen) atoms. The summed E-state index contributed by atoms with van der Waals surface area (Å²) in [6, 6.07) is 4.59. The minimum absolute atomic E-state index is 0.183. The van der Waals surface area contributed by atoms with Gasteiger partial charge in [-0.15, -0.1) is 5.10 Å². The molecule has 2 heterocycles. The van der Waals surface area contributed by atoms with Gasteiger partial charge in [0.25, 0.3) is 5.56 Å². The van der Waals surface area contributed by atoms with Gasteiger partial charge in [-0.3, -0.25) is 4.79 Å². The van der Waals surface area contributed by atoms with Crippen LogP contribution in [0.3, 0.4) is 0 Å². The molecule has 0 atom stereocenters. The van der Waals surface area contributed by atoms with Crippen LogP contribution in [0.1, 0.15) is 5.56 Å². The lowest BCUT2D eigenvalue weighted by Gasteiger charge is -2.12. The van der Waals surface area contributed by atoms with Crippen LogP contribution in [0, 0.1) is 0 Å². The van der Waals surface area contributed by atoms with E-state index in [2.05, 4.69) is 19.9 Å². The Kier molecular flexibility index (Phi) is 5.73. The zero-order chi connectivity index (χ0) is 21.2. The van der Waals surface area contributed by atoms with Crippen molar-refractivity contribution < 1.29 is 21.6 Å². The third-order valence-corrected chi connectivity index (χ3v) is 5.61. The van der Waals surface area contributed by atoms with Crippen LogP contribution in [0.25, 0.3) is 5.82 Å². The lowest BCUT2D eigenvalue weighted by Crippen LogP contribution is -2.32. The van der Waals surface area contributed by atoms with Crippen molar-refractivity contribution in [1.29, 1.82) is 0 Å². The van der Waals surface area contributed by atoms with Gasteiger partial charge in [0.1, 0.15) is 17.6 Å². The van der Waals surface area contributed by atoms with Crippen molar-refractivity contribution >= 4 is 21.6 Å². The molecule has 1 N–H and O–H groups in total. The lowest BCUT2D eigenvalue weighted by atomic mass is 10.2. The Labute approximate surface area is 166 Å². The fourth-order valence-corrected chi connectivity index (χ4v) is 3.84. The molecule has 3 rings (SSSR count). The van der Waals surface area contributed by atoms with Crippen LogP contribution in [-0.2, 0) is 22.7 Å². The molecule has 154 valence electrons. The average Bonchev–Trinajstić information content (AvgIpc) is 3.17. The van der Waals surface area contributed by atoms with Crippen molar-refractivity contribution in [3.8, 4) is 5.82 Å². The van der Waals surface area contributed by atoms with E-state index in [0.29, 0.717) is 12.1 Å². The van der Waals surface area contributed by atoms with Gasteiger partial charge in [-0.05, 0) is 24.3 Å². The first-order valence-corrected chi connectivity index (χ1v) is 9.73. The van der Waals surface area contributed by atoms with Crippen LogP contribution < -0.4 is 10.3 Å². The second-order valence-electron chi connectivity index (χ2n) is 5.63.